The van der Waals surface area contributed by atoms with Crippen molar-refractivity contribution in [3.63, 3.8) is 0 Å². The molecule has 2 aromatic heterocycles. The Kier molecular flexibility index (Phi) is 10.3. The van der Waals surface area contributed by atoms with Gasteiger partial charge in [-0.15, -0.1) is 0 Å². The van der Waals surface area contributed by atoms with E-state index in [1.807, 2.05) is 36.0 Å². The number of carboxylic acids is 1. The smallest absolute Gasteiger partial charge is 0.475 e. The van der Waals surface area contributed by atoms with E-state index in [2.05, 4.69) is 45.9 Å². The maximum atomic E-state index is 13.4. The number of anilines is 1. The summed E-state index contributed by atoms with van der Waals surface area (Å²) in [4.78, 5) is 69.9. The van der Waals surface area contributed by atoms with Crippen molar-refractivity contribution in [2.24, 2.45) is 7.05 Å². The second-order valence-corrected chi connectivity index (χ2v) is 13.5. The number of halogens is 3. The molecule has 0 bridgehead atoms. The zero-order valence-electron chi connectivity index (χ0n) is 29.0. The van der Waals surface area contributed by atoms with Crippen molar-refractivity contribution in [2.75, 3.05) is 5.32 Å². The van der Waals surface area contributed by atoms with Crippen LogP contribution in [-0.2, 0) is 28.0 Å². The van der Waals surface area contributed by atoms with E-state index in [0.717, 1.165) is 46.3 Å². The van der Waals surface area contributed by atoms with Gasteiger partial charge in [0.15, 0.2) is 0 Å². The predicted octanol–water partition coefficient (Wildman–Crippen LogP) is 4.31. The third-order valence-electron chi connectivity index (χ3n) is 9.52. The number of aromatic nitrogens is 4. The molecular weight excluding hydrogens is 697 g/mol. The summed E-state index contributed by atoms with van der Waals surface area (Å²) in [5.41, 5.74) is 5.34. The van der Waals surface area contributed by atoms with Crippen molar-refractivity contribution in [1.82, 2.24) is 35.3 Å². The first-order valence-corrected chi connectivity index (χ1v) is 17.1. The zero-order chi connectivity index (χ0) is 38.2. The molecule has 2 aliphatic heterocycles. The Bertz CT molecular complexity index is 2120. The molecule has 0 spiro atoms. The Balaban J connectivity index is 0.000000626. The van der Waals surface area contributed by atoms with Gasteiger partial charge in [0.25, 0.3) is 11.8 Å². The molecule has 14 nitrogen and oxygen atoms in total. The largest absolute Gasteiger partial charge is 0.490 e. The molecule has 1 aliphatic carbocycles. The summed E-state index contributed by atoms with van der Waals surface area (Å²) >= 11 is 0. The van der Waals surface area contributed by atoms with E-state index in [0.29, 0.717) is 35.1 Å². The number of imide groups is 2. The van der Waals surface area contributed by atoms with Gasteiger partial charge in [-0.05, 0) is 61.4 Å². The zero-order valence-corrected chi connectivity index (χ0v) is 29.0. The number of piperidine rings is 1. The van der Waals surface area contributed by atoms with Gasteiger partial charge in [-0.25, -0.2) is 14.8 Å². The van der Waals surface area contributed by atoms with E-state index in [4.69, 9.17) is 14.9 Å². The number of nitrogens with one attached hydrogen (secondary N) is 3. The van der Waals surface area contributed by atoms with Crippen molar-refractivity contribution < 1.29 is 42.3 Å². The Morgan fingerprint density at radius 3 is 2.47 bits per heavy atom. The third kappa shape index (κ3) is 7.74. The van der Waals surface area contributed by atoms with Gasteiger partial charge in [0.1, 0.15) is 6.04 Å². The molecule has 1 saturated heterocycles. The van der Waals surface area contributed by atoms with Gasteiger partial charge in [-0.2, -0.15) is 18.3 Å². The first-order chi connectivity index (χ1) is 25.1. The molecular formula is C36H37F3N8O6. The van der Waals surface area contributed by atoms with E-state index in [9.17, 15) is 32.3 Å². The van der Waals surface area contributed by atoms with Crippen LogP contribution in [0.5, 0.6) is 0 Å². The molecule has 2 aromatic carbocycles. The summed E-state index contributed by atoms with van der Waals surface area (Å²) < 4.78 is 33.7. The standard InChI is InChI=1S/C34H36N8O4.C2HF3O2/c1-18(2)30-24-15-19(7-10-26(24)40-41(30)3)25-13-14-35-34(38-25)37-22-9-8-21(16-22)36-17-20-5-4-6-23-29(20)33(46)42(32(23)45)27-11-12-28(43)39-31(27)44;3-2(4,5)1(6)7/h4-7,10,13-15,18,21-22,27,36H,8-9,11-12,16-17H2,1-3H3,(H,35,37,38)(H,39,43,44);(H,6,7)/t21-,22-,27?;/m0./s1. The first kappa shape index (κ1) is 37.1. The Hall–Kier alpha value is -5.71. The van der Waals surface area contributed by atoms with Crippen molar-refractivity contribution >= 4 is 46.4 Å². The topological polar surface area (TPSA) is 189 Å². The minimum absolute atomic E-state index is 0.0880. The van der Waals surface area contributed by atoms with Crippen LogP contribution in [0.25, 0.3) is 22.2 Å². The second-order valence-electron chi connectivity index (χ2n) is 13.5. The molecule has 1 unspecified atom stereocenters. The second kappa shape index (κ2) is 14.7. The fraction of sp³-hybridized carbons (Fsp3) is 0.389. The average molecular weight is 735 g/mol. The molecule has 3 aliphatic rings. The quantitative estimate of drug-likeness (QED) is 0.189. The monoisotopic (exact) mass is 734 g/mol. The summed E-state index contributed by atoms with van der Waals surface area (Å²) in [7, 11) is 1.98. The summed E-state index contributed by atoms with van der Waals surface area (Å²) in [5.74, 6) is -3.82. The number of nitrogens with zero attached hydrogens (tertiary/aromatic N) is 5. The molecule has 0 radical (unpaired) electrons. The highest BCUT2D eigenvalue weighted by Crippen LogP contribution is 2.32. The van der Waals surface area contributed by atoms with E-state index < -0.39 is 41.8 Å². The molecule has 1 saturated carbocycles. The SMILES string of the molecule is CC(C)c1c2cc(-c3ccnc(N[C@H]4CC[C@H](NCc5cccc6c5C(=O)N(C5CCC(=O)NC5=O)C6=O)C4)n3)ccc2nn1C.O=C(O)C(F)(F)F. The van der Waals surface area contributed by atoms with Crippen LogP contribution in [-0.4, -0.2) is 83.7 Å². The molecule has 3 atom stereocenters. The summed E-state index contributed by atoms with van der Waals surface area (Å²) in [6.07, 6.45) is -0.387. The maximum absolute atomic E-state index is 13.4. The van der Waals surface area contributed by atoms with E-state index in [1.54, 1.807) is 18.3 Å². The lowest BCUT2D eigenvalue weighted by atomic mass is 10.0. The Labute approximate surface area is 301 Å². The molecule has 4 aromatic rings. The van der Waals surface area contributed by atoms with Gasteiger partial charge in [0.05, 0.1) is 22.3 Å². The van der Waals surface area contributed by atoms with Gasteiger partial charge in [0.2, 0.25) is 17.8 Å². The molecule has 4 N–H and O–H groups in total. The molecule has 2 fully saturated rings. The number of benzene rings is 2. The van der Waals surface area contributed by atoms with Gasteiger partial charge < -0.3 is 15.7 Å². The number of carbonyl (C=O) groups excluding carboxylic acids is 4. The average Bonchev–Trinajstić information content (AvgIpc) is 3.76. The third-order valence-corrected chi connectivity index (χ3v) is 9.52. The molecule has 4 heterocycles. The lowest BCUT2D eigenvalue weighted by molar-refractivity contribution is -0.192. The van der Waals surface area contributed by atoms with Crippen LogP contribution >= 0.6 is 0 Å². The Morgan fingerprint density at radius 1 is 1.04 bits per heavy atom. The van der Waals surface area contributed by atoms with Crippen molar-refractivity contribution in [2.45, 2.75) is 82.7 Å². The lowest BCUT2D eigenvalue weighted by Gasteiger charge is -2.27. The number of fused-ring (bicyclic) bond motifs is 2. The van der Waals surface area contributed by atoms with Gasteiger partial charge in [-0.3, -0.25) is 34.1 Å². The number of alkyl halides is 3. The molecule has 4 amide bonds. The van der Waals surface area contributed by atoms with Crippen LogP contribution in [0.1, 0.15) is 83.8 Å². The highest BCUT2D eigenvalue weighted by molar-refractivity contribution is 6.24. The van der Waals surface area contributed by atoms with Crippen LogP contribution in [0.15, 0.2) is 48.7 Å². The summed E-state index contributed by atoms with van der Waals surface area (Å²) in [6, 6.07) is 12.8. The summed E-state index contributed by atoms with van der Waals surface area (Å²) in [5, 5.41) is 22.2. The number of hydrogen-bond donors (Lipinski definition) is 4. The van der Waals surface area contributed by atoms with Gasteiger partial charge in [-0.1, -0.05) is 32.0 Å². The lowest BCUT2D eigenvalue weighted by Crippen LogP contribution is -2.54. The maximum Gasteiger partial charge on any atom is 0.490 e. The molecule has 17 heteroatoms. The van der Waals surface area contributed by atoms with E-state index in [-0.39, 0.29) is 24.9 Å². The van der Waals surface area contributed by atoms with Crippen molar-refractivity contribution in [1.29, 1.82) is 0 Å². The first-order valence-electron chi connectivity index (χ1n) is 17.1. The van der Waals surface area contributed by atoms with Gasteiger partial charge in [0, 0.05) is 54.9 Å². The number of rotatable bonds is 8. The number of aryl methyl sites for hydroxylation is 1. The van der Waals surface area contributed by atoms with Crippen LogP contribution in [0.4, 0.5) is 19.1 Å². The number of carboxylic acid groups (broad SMARTS) is 1. The fourth-order valence-corrected chi connectivity index (χ4v) is 7.12. The van der Waals surface area contributed by atoms with Crippen LogP contribution in [0.2, 0.25) is 0 Å². The summed E-state index contributed by atoms with van der Waals surface area (Å²) in [6.45, 7) is 4.75. The molecule has 278 valence electrons. The highest BCUT2D eigenvalue weighted by atomic mass is 19.4. The highest BCUT2D eigenvalue weighted by Gasteiger charge is 2.45. The number of carbonyl (C=O) groups is 5. The minimum Gasteiger partial charge on any atom is -0.475 e. The van der Waals surface area contributed by atoms with E-state index in [1.165, 1.54) is 5.69 Å². The van der Waals surface area contributed by atoms with Crippen LogP contribution in [0, 0.1) is 0 Å². The number of hydrogen-bond acceptors (Lipinski definition) is 10. The predicted molar refractivity (Wildman–Crippen MR) is 185 cm³/mol. The Morgan fingerprint density at radius 2 is 1.77 bits per heavy atom. The fourth-order valence-electron chi connectivity index (χ4n) is 7.12. The molecule has 53 heavy (non-hydrogen) atoms. The van der Waals surface area contributed by atoms with E-state index >= 15 is 0 Å². The van der Waals surface area contributed by atoms with Crippen molar-refractivity contribution in [3.05, 3.63) is 71.0 Å². The van der Waals surface area contributed by atoms with Crippen LogP contribution in [0.3, 0.4) is 0 Å². The van der Waals surface area contributed by atoms with Crippen molar-refractivity contribution in [3.8, 4) is 11.3 Å². The van der Waals surface area contributed by atoms with Crippen LogP contribution < -0.4 is 16.0 Å². The normalized spacial score (nSPS) is 20.1. The minimum atomic E-state index is -5.08. The molecule has 7 rings (SSSR count). The number of amides is 4. The number of aliphatic carboxylic acids is 1. The van der Waals surface area contributed by atoms with Gasteiger partial charge >= 0.3 is 12.1 Å².